The van der Waals surface area contributed by atoms with Crippen molar-refractivity contribution >= 4 is 5.91 Å². The Labute approximate surface area is 104 Å². The van der Waals surface area contributed by atoms with Crippen molar-refractivity contribution in [2.75, 3.05) is 14.2 Å². The molecule has 17 heavy (non-hydrogen) atoms. The van der Waals surface area contributed by atoms with Crippen LogP contribution in [0, 0.1) is 0 Å². The monoisotopic (exact) mass is 242 g/mol. The second-order valence-corrected chi connectivity index (χ2v) is 5.10. The first-order valence-electron chi connectivity index (χ1n) is 6.59. The van der Waals surface area contributed by atoms with Crippen LogP contribution in [0.2, 0.25) is 0 Å². The van der Waals surface area contributed by atoms with Gasteiger partial charge in [-0.3, -0.25) is 4.79 Å². The third-order valence-corrected chi connectivity index (χ3v) is 4.08. The molecule has 1 amide bonds. The van der Waals surface area contributed by atoms with Crippen LogP contribution in [0.15, 0.2) is 0 Å². The molecule has 0 aromatic heterocycles. The molecule has 0 spiro atoms. The summed E-state index contributed by atoms with van der Waals surface area (Å²) in [5, 5.41) is 6.41. The molecule has 1 fully saturated rings. The van der Waals surface area contributed by atoms with Crippen LogP contribution in [-0.4, -0.2) is 37.7 Å². The first kappa shape index (κ1) is 14.5. The smallest absolute Gasteiger partial charge is 0.252 e. The van der Waals surface area contributed by atoms with E-state index in [2.05, 4.69) is 10.6 Å². The number of ether oxygens (including phenoxy) is 1. The summed E-state index contributed by atoms with van der Waals surface area (Å²) in [5.41, 5.74) is -0.681. The SMILES string of the molecule is CCC(C)(OC)C(=O)NC1CCC(NC)CC1. The van der Waals surface area contributed by atoms with Gasteiger partial charge in [-0.2, -0.15) is 0 Å². The van der Waals surface area contributed by atoms with E-state index in [9.17, 15) is 4.79 Å². The predicted molar refractivity (Wildman–Crippen MR) is 69.0 cm³/mol. The largest absolute Gasteiger partial charge is 0.369 e. The van der Waals surface area contributed by atoms with Crippen LogP contribution in [0.4, 0.5) is 0 Å². The summed E-state index contributed by atoms with van der Waals surface area (Å²) in [6, 6.07) is 0.927. The lowest BCUT2D eigenvalue weighted by atomic mass is 9.90. The molecule has 0 radical (unpaired) electrons. The lowest BCUT2D eigenvalue weighted by molar-refractivity contribution is -0.142. The minimum Gasteiger partial charge on any atom is -0.369 e. The van der Waals surface area contributed by atoms with Gasteiger partial charge in [0.1, 0.15) is 5.60 Å². The minimum absolute atomic E-state index is 0.0235. The first-order chi connectivity index (χ1) is 8.05. The quantitative estimate of drug-likeness (QED) is 0.767. The van der Waals surface area contributed by atoms with Crippen molar-refractivity contribution in [3.8, 4) is 0 Å². The molecule has 1 saturated carbocycles. The van der Waals surface area contributed by atoms with E-state index >= 15 is 0 Å². The summed E-state index contributed by atoms with van der Waals surface area (Å²) in [7, 11) is 3.60. The van der Waals surface area contributed by atoms with Crippen molar-refractivity contribution in [1.82, 2.24) is 10.6 Å². The average Bonchev–Trinajstić information content (AvgIpc) is 2.38. The van der Waals surface area contributed by atoms with Gasteiger partial charge in [0.25, 0.3) is 5.91 Å². The molecule has 100 valence electrons. The molecule has 1 rings (SSSR count). The Hall–Kier alpha value is -0.610. The van der Waals surface area contributed by atoms with Crippen LogP contribution in [0.1, 0.15) is 46.0 Å². The Morgan fingerprint density at radius 3 is 2.24 bits per heavy atom. The average molecular weight is 242 g/mol. The maximum atomic E-state index is 12.1. The molecule has 0 aromatic carbocycles. The fourth-order valence-electron chi connectivity index (χ4n) is 2.26. The molecular weight excluding hydrogens is 216 g/mol. The number of amides is 1. The van der Waals surface area contributed by atoms with E-state index < -0.39 is 5.60 Å². The lowest BCUT2D eigenvalue weighted by Crippen LogP contribution is -2.50. The molecular formula is C13H26N2O2. The number of hydrogen-bond acceptors (Lipinski definition) is 3. The van der Waals surface area contributed by atoms with Gasteiger partial charge in [0.2, 0.25) is 0 Å². The van der Waals surface area contributed by atoms with E-state index in [1.165, 1.54) is 0 Å². The number of hydrogen-bond donors (Lipinski definition) is 2. The van der Waals surface area contributed by atoms with E-state index in [1.54, 1.807) is 7.11 Å². The summed E-state index contributed by atoms with van der Waals surface area (Å²) in [6.45, 7) is 3.82. The molecule has 1 aliphatic rings. The van der Waals surface area contributed by atoms with Crippen molar-refractivity contribution in [3.63, 3.8) is 0 Å². The van der Waals surface area contributed by atoms with E-state index in [0.717, 1.165) is 25.7 Å². The Morgan fingerprint density at radius 1 is 1.29 bits per heavy atom. The lowest BCUT2D eigenvalue weighted by Gasteiger charge is -2.32. The maximum absolute atomic E-state index is 12.1. The maximum Gasteiger partial charge on any atom is 0.252 e. The Morgan fingerprint density at radius 2 is 1.82 bits per heavy atom. The summed E-state index contributed by atoms with van der Waals surface area (Å²) in [5.74, 6) is 0.0235. The molecule has 0 bridgehead atoms. The number of nitrogens with one attached hydrogen (secondary N) is 2. The second-order valence-electron chi connectivity index (χ2n) is 5.10. The highest BCUT2D eigenvalue weighted by Gasteiger charge is 2.33. The van der Waals surface area contributed by atoms with Crippen molar-refractivity contribution in [2.24, 2.45) is 0 Å². The van der Waals surface area contributed by atoms with Crippen LogP contribution < -0.4 is 10.6 Å². The molecule has 2 N–H and O–H groups in total. The standard InChI is InChI=1S/C13H26N2O2/c1-5-13(2,17-4)12(16)15-11-8-6-10(14-3)7-9-11/h10-11,14H,5-9H2,1-4H3,(H,15,16). The van der Waals surface area contributed by atoms with E-state index in [-0.39, 0.29) is 5.91 Å². The minimum atomic E-state index is -0.681. The first-order valence-corrected chi connectivity index (χ1v) is 6.59. The topological polar surface area (TPSA) is 50.4 Å². The fourth-order valence-corrected chi connectivity index (χ4v) is 2.26. The molecule has 0 heterocycles. The van der Waals surface area contributed by atoms with Crippen LogP contribution in [0.25, 0.3) is 0 Å². The highest BCUT2D eigenvalue weighted by molar-refractivity contribution is 5.84. The molecule has 0 saturated heterocycles. The fraction of sp³-hybridized carbons (Fsp3) is 0.923. The van der Waals surface area contributed by atoms with Gasteiger partial charge in [-0.05, 0) is 46.1 Å². The van der Waals surface area contributed by atoms with E-state index in [0.29, 0.717) is 18.5 Å². The van der Waals surface area contributed by atoms with Gasteiger partial charge in [-0.15, -0.1) is 0 Å². The molecule has 1 atom stereocenters. The molecule has 1 aliphatic carbocycles. The Balaban J connectivity index is 2.42. The van der Waals surface area contributed by atoms with Crippen molar-refractivity contribution < 1.29 is 9.53 Å². The van der Waals surface area contributed by atoms with Gasteiger partial charge in [0, 0.05) is 19.2 Å². The number of carbonyl (C=O) groups is 1. The van der Waals surface area contributed by atoms with Crippen LogP contribution >= 0.6 is 0 Å². The zero-order valence-electron chi connectivity index (χ0n) is 11.5. The van der Waals surface area contributed by atoms with Crippen molar-refractivity contribution in [3.05, 3.63) is 0 Å². The molecule has 4 heteroatoms. The Kier molecular flexibility index (Phi) is 5.40. The molecule has 4 nitrogen and oxygen atoms in total. The van der Waals surface area contributed by atoms with Gasteiger partial charge in [0.15, 0.2) is 0 Å². The van der Waals surface area contributed by atoms with Crippen molar-refractivity contribution in [1.29, 1.82) is 0 Å². The summed E-state index contributed by atoms with van der Waals surface area (Å²) in [6.07, 6.45) is 5.08. The highest BCUT2D eigenvalue weighted by atomic mass is 16.5. The molecule has 0 aromatic rings. The molecule has 0 aliphatic heterocycles. The van der Waals surface area contributed by atoms with Gasteiger partial charge in [0.05, 0.1) is 0 Å². The summed E-state index contributed by atoms with van der Waals surface area (Å²) < 4.78 is 5.31. The number of methoxy groups -OCH3 is 1. The third-order valence-electron chi connectivity index (χ3n) is 4.08. The van der Waals surface area contributed by atoms with Crippen LogP contribution in [-0.2, 0) is 9.53 Å². The zero-order chi connectivity index (χ0) is 12.9. The number of rotatable bonds is 5. The highest BCUT2D eigenvalue weighted by Crippen LogP contribution is 2.20. The van der Waals surface area contributed by atoms with Gasteiger partial charge >= 0.3 is 0 Å². The number of carbonyl (C=O) groups excluding carboxylic acids is 1. The van der Waals surface area contributed by atoms with Gasteiger partial charge in [-0.25, -0.2) is 0 Å². The molecule has 1 unspecified atom stereocenters. The van der Waals surface area contributed by atoms with E-state index in [1.807, 2.05) is 20.9 Å². The third kappa shape index (κ3) is 3.68. The van der Waals surface area contributed by atoms with Crippen LogP contribution in [0.5, 0.6) is 0 Å². The van der Waals surface area contributed by atoms with Gasteiger partial charge < -0.3 is 15.4 Å². The summed E-state index contributed by atoms with van der Waals surface area (Å²) in [4.78, 5) is 12.1. The van der Waals surface area contributed by atoms with E-state index in [4.69, 9.17) is 4.74 Å². The van der Waals surface area contributed by atoms with Crippen molar-refractivity contribution in [2.45, 2.75) is 63.6 Å². The normalized spacial score (nSPS) is 28.5. The predicted octanol–water partition coefficient (Wildman–Crippen LogP) is 1.45. The van der Waals surface area contributed by atoms with Crippen LogP contribution in [0.3, 0.4) is 0 Å². The zero-order valence-corrected chi connectivity index (χ0v) is 11.5. The Bertz CT molecular complexity index is 244. The second kappa shape index (κ2) is 6.36. The van der Waals surface area contributed by atoms with Gasteiger partial charge in [-0.1, -0.05) is 6.92 Å². The summed E-state index contributed by atoms with van der Waals surface area (Å²) >= 11 is 0.